The van der Waals surface area contributed by atoms with Crippen LogP contribution < -0.4 is 11.2 Å². The predicted octanol–water partition coefficient (Wildman–Crippen LogP) is -2.46. The highest BCUT2D eigenvalue weighted by molar-refractivity contribution is 5.09. The molecular weight excluding hydrogens is 268 g/mol. The molecule has 1 saturated heterocycles. The minimum atomic E-state index is -1.87. The van der Waals surface area contributed by atoms with Gasteiger partial charge in [-0.3, -0.25) is 14.3 Å². The van der Waals surface area contributed by atoms with Gasteiger partial charge in [0, 0.05) is 18.7 Å². The molecule has 0 unspecified atom stereocenters. The number of nitrogens with one attached hydrogen (secondary N) is 1. The summed E-state index contributed by atoms with van der Waals surface area (Å²) in [5.74, 6) is 2.19. The van der Waals surface area contributed by atoms with E-state index < -0.39 is 41.9 Å². The predicted molar refractivity (Wildman–Crippen MR) is 66.7 cm³/mol. The number of terminal acetylenes is 1. The molecule has 0 aliphatic carbocycles. The van der Waals surface area contributed by atoms with E-state index in [4.69, 9.17) is 11.2 Å². The molecule has 0 radical (unpaired) electrons. The summed E-state index contributed by atoms with van der Waals surface area (Å²) in [6, 6.07) is 1.07. The lowest BCUT2D eigenvalue weighted by molar-refractivity contribution is -0.0892. The molecule has 2 rings (SSSR count). The fourth-order valence-electron chi connectivity index (χ4n) is 2.23. The van der Waals surface area contributed by atoms with Crippen LogP contribution >= 0.6 is 0 Å². The van der Waals surface area contributed by atoms with Crippen molar-refractivity contribution in [3.63, 3.8) is 0 Å². The molecule has 0 saturated carbocycles. The van der Waals surface area contributed by atoms with Gasteiger partial charge in [0.25, 0.3) is 5.56 Å². The molecule has 0 amide bonds. The van der Waals surface area contributed by atoms with Crippen LogP contribution in [-0.2, 0) is 4.74 Å². The van der Waals surface area contributed by atoms with Gasteiger partial charge >= 0.3 is 5.69 Å². The highest BCUT2D eigenvalue weighted by Crippen LogP contribution is 2.38. The van der Waals surface area contributed by atoms with Crippen LogP contribution in [0.3, 0.4) is 0 Å². The molecule has 4 N–H and O–H groups in total. The molecule has 0 aromatic carbocycles. The summed E-state index contributed by atoms with van der Waals surface area (Å²) >= 11 is 0. The topological polar surface area (TPSA) is 125 Å². The van der Waals surface area contributed by atoms with Crippen LogP contribution in [0, 0.1) is 12.3 Å². The van der Waals surface area contributed by atoms with Crippen molar-refractivity contribution in [2.45, 2.75) is 30.5 Å². The molecule has 4 atom stereocenters. The normalized spacial score (nSPS) is 33.0. The van der Waals surface area contributed by atoms with E-state index in [-0.39, 0.29) is 6.42 Å². The van der Waals surface area contributed by atoms with Gasteiger partial charge in [0.2, 0.25) is 0 Å². The first-order valence-electron chi connectivity index (χ1n) is 5.85. The van der Waals surface area contributed by atoms with Gasteiger partial charge in [-0.25, -0.2) is 4.79 Å². The Labute approximate surface area is 113 Å². The zero-order valence-electron chi connectivity index (χ0n) is 10.4. The zero-order chi connectivity index (χ0) is 14.9. The molecule has 8 heteroatoms. The Morgan fingerprint density at radius 2 is 2.25 bits per heavy atom. The van der Waals surface area contributed by atoms with Gasteiger partial charge < -0.3 is 20.1 Å². The highest BCUT2D eigenvalue weighted by atomic mass is 16.6. The summed E-state index contributed by atoms with van der Waals surface area (Å²) in [6.07, 6.45) is 2.08. The zero-order valence-corrected chi connectivity index (χ0v) is 10.4. The Morgan fingerprint density at radius 1 is 1.55 bits per heavy atom. The van der Waals surface area contributed by atoms with E-state index in [1.54, 1.807) is 0 Å². The monoisotopic (exact) mass is 282 g/mol. The van der Waals surface area contributed by atoms with Crippen molar-refractivity contribution in [1.29, 1.82) is 0 Å². The molecule has 1 fully saturated rings. The molecule has 0 bridgehead atoms. The van der Waals surface area contributed by atoms with Gasteiger partial charge in [0.05, 0.1) is 6.61 Å². The van der Waals surface area contributed by atoms with Crippen LogP contribution in [0.2, 0.25) is 0 Å². The number of hydrogen-bond donors (Lipinski definition) is 4. The Hall–Kier alpha value is -1.92. The molecule has 108 valence electrons. The molecule has 2 heterocycles. The van der Waals surface area contributed by atoms with Crippen LogP contribution in [0.15, 0.2) is 21.9 Å². The van der Waals surface area contributed by atoms with Crippen molar-refractivity contribution < 1.29 is 20.1 Å². The highest BCUT2D eigenvalue weighted by Gasteiger charge is 2.55. The van der Waals surface area contributed by atoms with Crippen molar-refractivity contribution >= 4 is 0 Å². The van der Waals surface area contributed by atoms with Crippen LogP contribution in [0.25, 0.3) is 0 Å². The average molecular weight is 282 g/mol. The van der Waals surface area contributed by atoms with Gasteiger partial charge in [0.15, 0.2) is 6.23 Å². The number of aliphatic hydroxyl groups excluding tert-OH is 2. The van der Waals surface area contributed by atoms with Crippen LogP contribution in [0.1, 0.15) is 12.6 Å². The third-order valence-electron chi connectivity index (χ3n) is 3.32. The molecule has 1 aliphatic rings. The lowest BCUT2D eigenvalue weighted by atomic mass is 9.89. The number of nitrogens with zero attached hydrogens (tertiary/aromatic N) is 1. The van der Waals surface area contributed by atoms with E-state index in [9.17, 15) is 24.9 Å². The van der Waals surface area contributed by atoms with E-state index in [0.717, 1.165) is 16.8 Å². The van der Waals surface area contributed by atoms with Crippen LogP contribution in [0.4, 0.5) is 0 Å². The molecule has 1 aromatic heterocycles. The Bertz CT molecular complexity index is 644. The second-order valence-corrected chi connectivity index (χ2v) is 4.53. The lowest BCUT2D eigenvalue weighted by Gasteiger charge is -2.28. The molecule has 0 spiro atoms. The van der Waals surface area contributed by atoms with Gasteiger partial charge in [0.1, 0.15) is 17.8 Å². The molecule has 1 aromatic rings. The van der Waals surface area contributed by atoms with E-state index in [2.05, 4.69) is 5.92 Å². The summed E-state index contributed by atoms with van der Waals surface area (Å²) in [5, 5.41) is 29.7. The maximum Gasteiger partial charge on any atom is 0.330 e. The van der Waals surface area contributed by atoms with Gasteiger partial charge in [-0.15, -0.1) is 12.3 Å². The molecule has 1 aliphatic heterocycles. The van der Waals surface area contributed by atoms with Crippen molar-refractivity contribution in [2.24, 2.45) is 0 Å². The molecule has 20 heavy (non-hydrogen) atoms. The van der Waals surface area contributed by atoms with Gasteiger partial charge in [-0.05, 0) is 0 Å². The van der Waals surface area contributed by atoms with Crippen molar-refractivity contribution in [2.75, 3.05) is 6.61 Å². The van der Waals surface area contributed by atoms with E-state index in [1.165, 1.54) is 0 Å². The fraction of sp³-hybridized carbons (Fsp3) is 0.500. The first kappa shape index (κ1) is 14.5. The number of rotatable bonds is 3. The standard InChI is InChI=1S/C12H14N2O6/c1-2-4-12(19)7(6-15)20-10(9(12)17)14-5-3-8(16)13-11(14)18/h1,3,5,7,9-10,15,17,19H,4,6H2,(H,13,16,18)/t7-,9+,10-,12-/m1/s1. The summed E-state index contributed by atoms with van der Waals surface area (Å²) in [5.41, 5.74) is -3.27. The number of H-pyrrole nitrogens is 1. The van der Waals surface area contributed by atoms with E-state index in [0.29, 0.717) is 0 Å². The lowest BCUT2D eigenvalue weighted by Crippen LogP contribution is -2.49. The SMILES string of the molecule is C#CC[C@@]1(O)[C@@H](CO)O[C@@H](n2ccc(=O)[nH]c2=O)[C@@H]1O. The Morgan fingerprint density at radius 3 is 2.80 bits per heavy atom. The largest absolute Gasteiger partial charge is 0.394 e. The van der Waals surface area contributed by atoms with Crippen molar-refractivity contribution in [3.05, 3.63) is 33.1 Å². The second kappa shape index (κ2) is 5.22. The smallest absolute Gasteiger partial charge is 0.330 e. The minimum absolute atomic E-state index is 0.256. The first-order chi connectivity index (χ1) is 9.43. The molecular formula is C12H14N2O6. The van der Waals surface area contributed by atoms with Gasteiger partial charge in [-0.1, -0.05) is 0 Å². The van der Waals surface area contributed by atoms with Crippen LogP contribution in [-0.4, -0.2) is 49.3 Å². The van der Waals surface area contributed by atoms with Gasteiger partial charge in [-0.2, -0.15) is 0 Å². The minimum Gasteiger partial charge on any atom is -0.394 e. The van der Waals surface area contributed by atoms with Crippen molar-refractivity contribution in [3.8, 4) is 12.3 Å². The van der Waals surface area contributed by atoms with Crippen molar-refractivity contribution in [1.82, 2.24) is 9.55 Å². The Kier molecular flexibility index (Phi) is 3.78. The summed E-state index contributed by atoms with van der Waals surface area (Å²) < 4.78 is 6.21. The number of aromatic nitrogens is 2. The Balaban J connectivity index is 2.43. The number of aliphatic hydroxyl groups is 3. The maximum atomic E-state index is 11.7. The van der Waals surface area contributed by atoms with E-state index in [1.807, 2.05) is 4.98 Å². The average Bonchev–Trinajstić information content (AvgIpc) is 2.63. The number of hydrogen-bond acceptors (Lipinski definition) is 6. The van der Waals surface area contributed by atoms with Crippen LogP contribution in [0.5, 0.6) is 0 Å². The third-order valence-corrected chi connectivity index (χ3v) is 3.32. The quantitative estimate of drug-likeness (QED) is 0.456. The maximum absolute atomic E-state index is 11.7. The van der Waals surface area contributed by atoms with E-state index >= 15 is 0 Å². The number of aromatic amines is 1. The number of ether oxygens (including phenoxy) is 1. The summed E-state index contributed by atoms with van der Waals surface area (Å²) in [7, 11) is 0. The second-order valence-electron chi connectivity index (χ2n) is 4.53. The molecule has 8 nitrogen and oxygen atoms in total. The first-order valence-corrected chi connectivity index (χ1v) is 5.85. The summed E-state index contributed by atoms with van der Waals surface area (Å²) in [6.45, 7) is -0.580. The summed E-state index contributed by atoms with van der Waals surface area (Å²) in [4.78, 5) is 24.7. The third kappa shape index (κ3) is 2.17. The fourth-order valence-corrected chi connectivity index (χ4v) is 2.23.